The Bertz CT molecular complexity index is 335. The van der Waals surface area contributed by atoms with Crippen LogP contribution in [-0.2, 0) is 0 Å². The van der Waals surface area contributed by atoms with Crippen LogP contribution in [0.2, 0.25) is 0 Å². The second-order valence-electron chi connectivity index (χ2n) is 4.34. The summed E-state index contributed by atoms with van der Waals surface area (Å²) in [5, 5.41) is 3.35. The van der Waals surface area contributed by atoms with E-state index in [1.807, 2.05) is 25.1 Å². The lowest BCUT2D eigenvalue weighted by Gasteiger charge is -2.14. The highest BCUT2D eigenvalue weighted by Gasteiger charge is 2.08. The van der Waals surface area contributed by atoms with E-state index >= 15 is 0 Å². The molecule has 1 aromatic rings. The lowest BCUT2D eigenvalue weighted by Crippen LogP contribution is -2.20. The monoisotopic (exact) mass is 235 g/mol. The third-order valence-corrected chi connectivity index (χ3v) is 2.91. The number of unbranched alkanes of at least 4 members (excludes halogenated alkanes) is 3. The molecule has 1 N–H and O–H groups in total. The SMILES string of the molecule is C=CCCCCCN[C@H](C)c1ccccc1F. The first kappa shape index (κ1) is 13.9. The summed E-state index contributed by atoms with van der Waals surface area (Å²) in [5.74, 6) is -0.126. The van der Waals surface area contributed by atoms with E-state index in [0.717, 1.165) is 24.9 Å². The number of allylic oxidation sites excluding steroid dienone is 1. The fourth-order valence-corrected chi connectivity index (χ4v) is 1.85. The minimum atomic E-state index is -0.126. The molecule has 0 unspecified atom stereocenters. The summed E-state index contributed by atoms with van der Waals surface area (Å²) in [6, 6.07) is 7.03. The van der Waals surface area contributed by atoms with E-state index in [1.54, 1.807) is 6.07 Å². The van der Waals surface area contributed by atoms with Crippen molar-refractivity contribution in [2.45, 2.75) is 38.6 Å². The summed E-state index contributed by atoms with van der Waals surface area (Å²) < 4.78 is 13.5. The molecule has 1 aromatic carbocycles. The van der Waals surface area contributed by atoms with Gasteiger partial charge in [0.1, 0.15) is 5.82 Å². The Morgan fingerprint density at radius 3 is 2.76 bits per heavy atom. The van der Waals surface area contributed by atoms with Gasteiger partial charge in [0, 0.05) is 11.6 Å². The Hall–Kier alpha value is -1.15. The lowest BCUT2D eigenvalue weighted by atomic mass is 10.1. The van der Waals surface area contributed by atoms with Crippen LogP contribution in [0.4, 0.5) is 4.39 Å². The molecule has 2 heteroatoms. The van der Waals surface area contributed by atoms with Gasteiger partial charge in [0.15, 0.2) is 0 Å². The van der Waals surface area contributed by atoms with Crippen molar-refractivity contribution in [3.8, 4) is 0 Å². The molecule has 0 aromatic heterocycles. The van der Waals surface area contributed by atoms with Gasteiger partial charge in [-0.05, 0) is 38.8 Å². The number of hydrogen-bond acceptors (Lipinski definition) is 1. The molecule has 0 saturated heterocycles. The largest absolute Gasteiger partial charge is 0.310 e. The van der Waals surface area contributed by atoms with Gasteiger partial charge in [-0.3, -0.25) is 0 Å². The summed E-state index contributed by atoms with van der Waals surface area (Å²) in [4.78, 5) is 0. The molecule has 0 heterocycles. The van der Waals surface area contributed by atoms with Crippen molar-refractivity contribution in [3.63, 3.8) is 0 Å². The van der Waals surface area contributed by atoms with E-state index in [4.69, 9.17) is 0 Å². The van der Waals surface area contributed by atoms with Gasteiger partial charge in [-0.2, -0.15) is 0 Å². The number of halogens is 1. The highest BCUT2D eigenvalue weighted by atomic mass is 19.1. The van der Waals surface area contributed by atoms with Gasteiger partial charge in [-0.15, -0.1) is 6.58 Å². The molecule has 0 amide bonds. The first-order valence-electron chi connectivity index (χ1n) is 6.34. The quantitative estimate of drug-likeness (QED) is 0.525. The molecule has 1 atom stereocenters. The normalized spacial score (nSPS) is 12.4. The van der Waals surface area contributed by atoms with Crippen molar-refractivity contribution < 1.29 is 4.39 Å². The predicted octanol–water partition coefficient (Wildman–Crippen LogP) is 4.22. The minimum Gasteiger partial charge on any atom is -0.310 e. The topological polar surface area (TPSA) is 12.0 Å². The van der Waals surface area contributed by atoms with Crippen LogP contribution in [0.3, 0.4) is 0 Å². The third-order valence-electron chi connectivity index (χ3n) is 2.91. The van der Waals surface area contributed by atoms with Gasteiger partial charge < -0.3 is 5.32 Å². The molecular weight excluding hydrogens is 213 g/mol. The summed E-state index contributed by atoms with van der Waals surface area (Å²) in [5.41, 5.74) is 0.749. The second-order valence-corrected chi connectivity index (χ2v) is 4.34. The van der Waals surface area contributed by atoms with Crippen LogP contribution >= 0.6 is 0 Å². The van der Waals surface area contributed by atoms with Gasteiger partial charge in [0.2, 0.25) is 0 Å². The lowest BCUT2D eigenvalue weighted by molar-refractivity contribution is 0.511. The summed E-state index contributed by atoms with van der Waals surface area (Å²) in [6.07, 6.45) is 6.56. The average molecular weight is 235 g/mol. The van der Waals surface area contributed by atoms with E-state index in [2.05, 4.69) is 11.9 Å². The molecule has 1 rings (SSSR count). The van der Waals surface area contributed by atoms with Crippen LogP contribution in [0.5, 0.6) is 0 Å². The van der Waals surface area contributed by atoms with Gasteiger partial charge in [-0.1, -0.05) is 30.7 Å². The average Bonchev–Trinajstić information content (AvgIpc) is 2.34. The molecule has 0 saturated carbocycles. The highest BCUT2D eigenvalue weighted by Crippen LogP contribution is 2.15. The van der Waals surface area contributed by atoms with Crippen molar-refractivity contribution in [2.75, 3.05) is 6.54 Å². The molecule has 17 heavy (non-hydrogen) atoms. The molecule has 1 nitrogen and oxygen atoms in total. The summed E-state index contributed by atoms with van der Waals surface area (Å²) >= 11 is 0. The molecule has 0 spiro atoms. The van der Waals surface area contributed by atoms with E-state index in [0.29, 0.717) is 0 Å². The van der Waals surface area contributed by atoms with Crippen molar-refractivity contribution >= 4 is 0 Å². The van der Waals surface area contributed by atoms with Crippen LogP contribution in [-0.4, -0.2) is 6.54 Å². The molecule has 0 aliphatic carbocycles. The first-order chi connectivity index (χ1) is 8.25. The number of benzene rings is 1. The zero-order valence-electron chi connectivity index (χ0n) is 10.6. The smallest absolute Gasteiger partial charge is 0.127 e. The molecule has 0 radical (unpaired) electrons. The van der Waals surface area contributed by atoms with E-state index < -0.39 is 0 Å². The van der Waals surface area contributed by atoms with Gasteiger partial charge in [0.05, 0.1) is 0 Å². The van der Waals surface area contributed by atoms with Crippen LogP contribution in [0.15, 0.2) is 36.9 Å². The molecule has 0 fully saturated rings. The molecule has 0 bridgehead atoms. The Labute approximate surface area is 104 Å². The maximum Gasteiger partial charge on any atom is 0.127 e. The predicted molar refractivity (Wildman–Crippen MR) is 71.5 cm³/mol. The van der Waals surface area contributed by atoms with Crippen LogP contribution in [0, 0.1) is 5.82 Å². The standard InChI is InChI=1S/C15H22FN/c1-3-4-5-6-9-12-17-13(2)14-10-7-8-11-15(14)16/h3,7-8,10-11,13,17H,1,4-6,9,12H2,2H3/t13-/m1/s1. The molecular formula is C15H22FN. The zero-order chi connectivity index (χ0) is 12.5. The van der Waals surface area contributed by atoms with Crippen molar-refractivity contribution in [3.05, 3.63) is 48.3 Å². The Morgan fingerprint density at radius 1 is 1.29 bits per heavy atom. The summed E-state index contributed by atoms with van der Waals surface area (Å²) in [7, 11) is 0. The van der Waals surface area contributed by atoms with E-state index in [-0.39, 0.29) is 11.9 Å². The van der Waals surface area contributed by atoms with E-state index in [1.165, 1.54) is 18.9 Å². The fourth-order valence-electron chi connectivity index (χ4n) is 1.85. The van der Waals surface area contributed by atoms with Gasteiger partial charge in [0.25, 0.3) is 0 Å². The second kappa shape index (κ2) is 8.02. The maximum absolute atomic E-state index is 13.5. The van der Waals surface area contributed by atoms with Crippen LogP contribution < -0.4 is 5.32 Å². The molecule has 0 aliphatic heterocycles. The number of nitrogens with one attached hydrogen (secondary N) is 1. The third kappa shape index (κ3) is 5.14. The van der Waals surface area contributed by atoms with Gasteiger partial charge in [-0.25, -0.2) is 4.39 Å². The van der Waals surface area contributed by atoms with Crippen molar-refractivity contribution in [1.82, 2.24) is 5.32 Å². The van der Waals surface area contributed by atoms with E-state index in [9.17, 15) is 4.39 Å². The number of hydrogen-bond donors (Lipinski definition) is 1. The summed E-state index contributed by atoms with van der Waals surface area (Å²) in [6.45, 7) is 6.64. The Kier molecular flexibility index (Phi) is 6.56. The van der Waals surface area contributed by atoms with Crippen molar-refractivity contribution in [1.29, 1.82) is 0 Å². The van der Waals surface area contributed by atoms with Crippen molar-refractivity contribution in [2.24, 2.45) is 0 Å². The minimum absolute atomic E-state index is 0.0793. The highest BCUT2D eigenvalue weighted by molar-refractivity contribution is 5.20. The maximum atomic E-state index is 13.5. The number of rotatable bonds is 8. The molecule has 0 aliphatic rings. The first-order valence-corrected chi connectivity index (χ1v) is 6.34. The Morgan fingerprint density at radius 2 is 2.06 bits per heavy atom. The zero-order valence-corrected chi connectivity index (χ0v) is 10.6. The van der Waals surface area contributed by atoms with Gasteiger partial charge >= 0.3 is 0 Å². The Balaban J connectivity index is 2.23. The fraction of sp³-hybridized carbons (Fsp3) is 0.467. The van der Waals surface area contributed by atoms with Crippen LogP contribution in [0.1, 0.15) is 44.2 Å². The molecule has 94 valence electrons. The van der Waals surface area contributed by atoms with Crippen LogP contribution in [0.25, 0.3) is 0 Å².